The van der Waals surface area contributed by atoms with Crippen molar-refractivity contribution in [3.05, 3.63) is 48.3 Å². The van der Waals surface area contributed by atoms with Crippen LogP contribution in [-0.2, 0) is 4.79 Å². The van der Waals surface area contributed by atoms with Crippen molar-refractivity contribution in [1.82, 2.24) is 0 Å². The first-order valence-electron chi connectivity index (χ1n) is 10.5. The molecule has 5 heteroatoms. The van der Waals surface area contributed by atoms with Crippen LogP contribution in [0.4, 0.5) is 15.8 Å². The summed E-state index contributed by atoms with van der Waals surface area (Å²) < 4.78 is 19.9. The van der Waals surface area contributed by atoms with Gasteiger partial charge >= 0.3 is 0 Å². The number of thioether (sulfide) groups is 1. The molecule has 0 fully saturated rings. The van der Waals surface area contributed by atoms with Crippen LogP contribution in [0.2, 0.25) is 0 Å². The lowest BCUT2D eigenvalue weighted by molar-refractivity contribution is -0.127. The van der Waals surface area contributed by atoms with Crippen LogP contribution in [0.3, 0.4) is 0 Å². The number of para-hydroxylation sites is 1. The first-order valence-corrected chi connectivity index (χ1v) is 11.4. The molecule has 29 heavy (non-hydrogen) atoms. The molecule has 1 amide bonds. The Hall–Kier alpha value is -2.01. The van der Waals surface area contributed by atoms with Gasteiger partial charge in [-0.3, -0.25) is 9.69 Å². The Labute approximate surface area is 177 Å². The number of fused-ring (bicyclic) bond motifs is 1. The third-order valence-electron chi connectivity index (χ3n) is 5.67. The molecule has 1 aliphatic rings. The number of unbranched alkanes of at least 4 members (excludes halogenated alkanes) is 2. The second kappa shape index (κ2) is 9.66. The molecule has 0 radical (unpaired) electrons. The second-order valence-electron chi connectivity index (χ2n) is 7.71. The summed E-state index contributed by atoms with van der Waals surface area (Å²) in [5.41, 5.74) is 0.942. The molecular formula is C24H30FNO2S. The van der Waals surface area contributed by atoms with E-state index >= 15 is 0 Å². The van der Waals surface area contributed by atoms with Crippen molar-refractivity contribution in [2.75, 3.05) is 17.8 Å². The van der Waals surface area contributed by atoms with Gasteiger partial charge in [-0.05, 0) is 31.0 Å². The average molecular weight is 416 g/mol. The van der Waals surface area contributed by atoms with Gasteiger partial charge in [0.25, 0.3) is 0 Å². The molecule has 2 aromatic carbocycles. The molecule has 0 unspecified atom stereocenters. The highest BCUT2D eigenvalue weighted by Crippen LogP contribution is 2.49. The minimum absolute atomic E-state index is 0.0846. The molecule has 0 saturated carbocycles. The summed E-state index contributed by atoms with van der Waals surface area (Å²) in [6.45, 7) is 4.32. The van der Waals surface area contributed by atoms with Gasteiger partial charge in [0.1, 0.15) is 0 Å². The van der Waals surface area contributed by atoms with Gasteiger partial charge in [-0.1, -0.05) is 57.7 Å². The predicted molar refractivity (Wildman–Crippen MR) is 119 cm³/mol. The molecule has 0 saturated heterocycles. The van der Waals surface area contributed by atoms with Crippen LogP contribution in [0.25, 0.3) is 0 Å². The van der Waals surface area contributed by atoms with Gasteiger partial charge in [0.05, 0.1) is 18.2 Å². The van der Waals surface area contributed by atoms with Gasteiger partial charge in [0.2, 0.25) is 5.91 Å². The standard InChI is InChI=1S/C24H30FNO2S/c1-4-6-13-24(14-7-5-2)17-29-22-16-21(28-3)19(25)15-20(22)26(23(24)27)18-11-9-8-10-12-18/h8-12,15-16H,4-7,13-14,17H2,1-3H3. The van der Waals surface area contributed by atoms with E-state index in [9.17, 15) is 9.18 Å². The van der Waals surface area contributed by atoms with Crippen molar-refractivity contribution in [3.63, 3.8) is 0 Å². The summed E-state index contributed by atoms with van der Waals surface area (Å²) in [7, 11) is 1.47. The second-order valence-corrected chi connectivity index (χ2v) is 8.72. The summed E-state index contributed by atoms with van der Waals surface area (Å²) in [6, 6.07) is 12.8. The zero-order chi connectivity index (χ0) is 20.9. The largest absolute Gasteiger partial charge is 0.494 e. The first kappa shape index (κ1) is 21.7. The molecule has 0 N–H and O–H groups in total. The fraction of sp³-hybridized carbons (Fsp3) is 0.458. The quantitative estimate of drug-likeness (QED) is 0.466. The topological polar surface area (TPSA) is 29.5 Å². The molecule has 1 heterocycles. The molecule has 3 rings (SSSR count). The van der Waals surface area contributed by atoms with Crippen molar-refractivity contribution in [3.8, 4) is 5.75 Å². The van der Waals surface area contributed by atoms with E-state index in [-0.39, 0.29) is 11.7 Å². The summed E-state index contributed by atoms with van der Waals surface area (Å²) in [5.74, 6) is 0.555. The van der Waals surface area contributed by atoms with E-state index in [0.717, 1.165) is 49.1 Å². The van der Waals surface area contributed by atoms with Gasteiger partial charge in [-0.15, -0.1) is 11.8 Å². The number of hydrogen-bond acceptors (Lipinski definition) is 3. The number of methoxy groups -OCH3 is 1. The van der Waals surface area contributed by atoms with Gasteiger partial charge in [-0.2, -0.15) is 0 Å². The van der Waals surface area contributed by atoms with Gasteiger partial charge < -0.3 is 4.74 Å². The molecule has 0 spiro atoms. The summed E-state index contributed by atoms with van der Waals surface area (Å²) in [6.07, 6.45) is 5.82. The average Bonchev–Trinajstić information content (AvgIpc) is 2.85. The maximum atomic E-state index is 14.7. The highest BCUT2D eigenvalue weighted by molar-refractivity contribution is 7.99. The van der Waals surface area contributed by atoms with Crippen LogP contribution in [-0.4, -0.2) is 18.8 Å². The third-order valence-corrected chi connectivity index (χ3v) is 7.00. The monoisotopic (exact) mass is 415 g/mol. The minimum Gasteiger partial charge on any atom is -0.494 e. The lowest BCUT2D eigenvalue weighted by Gasteiger charge is -2.35. The van der Waals surface area contributed by atoms with Crippen LogP contribution in [0.1, 0.15) is 52.4 Å². The lowest BCUT2D eigenvalue weighted by Crippen LogP contribution is -2.42. The van der Waals surface area contributed by atoms with Crippen LogP contribution in [0, 0.1) is 11.2 Å². The van der Waals surface area contributed by atoms with Gasteiger partial charge in [-0.25, -0.2) is 4.39 Å². The normalized spacial score (nSPS) is 15.7. The summed E-state index contributed by atoms with van der Waals surface area (Å²) >= 11 is 1.65. The number of halogens is 1. The number of ether oxygens (including phenoxy) is 1. The van der Waals surface area contributed by atoms with E-state index in [0.29, 0.717) is 11.4 Å². The van der Waals surface area contributed by atoms with Crippen molar-refractivity contribution >= 4 is 29.0 Å². The minimum atomic E-state index is -0.449. The molecule has 156 valence electrons. The number of hydrogen-bond donors (Lipinski definition) is 0. The molecule has 0 atom stereocenters. The number of carbonyl (C=O) groups is 1. The Morgan fingerprint density at radius 2 is 1.76 bits per heavy atom. The van der Waals surface area contributed by atoms with Crippen molar-refractivity contribution in [1.29, 1.82) is 0 Å². The van der Waals surface area contributed by atoms with E-state index in [1.54, 1.807) is 22.7 Å². The van der Waals surface area contributed by atoms with E-state index in [4.69, 9.17) is 4.74 Å². The highest BCUT2D eigenvalue weighted by atomic mass is 32.2. The van der Waals surface area contributed by atoms with Crippen LogP contribution >= 0.6 is 11.8 Å². The SMILES string of the molecule is CCCCC1(CCCC)CSc2cc(OC)c(F)cc2N(c2ccccc2)C1=O. The molecule has 0 aliphatic carbocycles. The number of benzene rings is 2. The lowest BCUT2D eigenvalue weighted by atomic mass is 9.78. The number of rotatable bonds is 8. The Kier molecular flexibility index (Phi) is 7.23. The van der Waals surface area contributed by atoms with Crippen LogP contribution < -0.4 is 9.64 Å². The van der Waals surface area contributed by atoms with E-state index in [1.165, 1.54) is 13.2 Å². The van der Waals surface area contributed by atoms with Gasteiger partial charge in [0.15, 0.2) is 11.6 Å². The number of amides is 1. The number of anilines is 2. The number of nitrogens with zero attached hydrogens (tertiary/aromatic N) is 1. The van der Waals surface area contributed by atoms with E-state index in [2.05, 4.69) is 13.8 Å². The molecule has 0 bridgehead atoms. The zero-order valence-electron chi connectivity index (χ0n) is 17.5. The molecule has 3 nitrogen and oxygen atoms in total. The maximum Gasteiger partial charge on any atom is 0.238 e. The Balaban J connectivity index is 2.16. The van der Waals surface area contributed by atoms with Crippen molar-refractivity contribution in [2.45, 2.75) is 57.3 Å². The molecular weight excluding hydrogens is 385 g/mol. The van der Waals surface area contributed by atoms with Crippen molar-refractivity contribution < 1.29 is 13.9 Å². The fourth-order valence-electron chi connectivity index (χ4n) is 3.94. The zero-order valence-corrected chi connectivity index (χ0v) is 18.4. The molecule has 0 aromatic heterocycles. The third kappa shape index (κ3) is 4.45. The Morgan fingerprint density at radius 3 is 2.34 bits per heavy atom. The molecule has 1 aliphatic heterocycles. The Morgan fingerprint density at radius 1 is 1.10 bits per heavy atom. The predicted octanol–water partition coefficient (Wildman–Crippen LogP) is 6.97. The first-order chi connectivity index (χ1) is 14.1. The summed E-state index contributed by atoms with van der Waals surface area (Å²) in [4.78, 5) is 16.7. The highest BCUT2D eigenvalue weighted by Gasteiger charge is 2.44. The fourth-order valence-corrected chi connectivity index (χ4v) is 5.27. The smallest absolute Gasteiger partial charge is 0.238 e. The van der Waals surface area contributed by atoms with Crippen molar-refractivity contribution in [2.24, 2.45) is 5.41 Å². The van der Waals surface area contributed by atoms with E-state index in [1.807, 2.05) is 30.3 Å². The summed E-state index contributed by atoms with van der Waals surface area (Å²) in [5, 5.41) is 0. The Bertz CT molecular complexity index is 832. The van der Waals surface area contributed by atoms with E-state index < -0.39 is 11.2 Å². The van der Waals surface area contributed by atoms with Crippen LogP contribution in [0.5, 0.6) is 5.75 Å². The van der Waals surface area contributed by atoms with Crippen LogP contribution in [0.15, 0.2) is 47.4 Å². The molecule has 2 aromatic rings. The number of carbonyl (C=O) groups excluding carboxylic acids is 1. The maximum absolute atomic E-state index is 14.7. The van der Waals surface area contributed by atoms with Gasteiger partial charge in [0, 0.05) is 22.4 Å².